The number of aliphatic carboxylic acids is 1. The first-order chi connectivity index (χ1) is 19.3. The fourth-order valence-electron chi connectivity index (χ4n) is 4.92. The first kappa shape index (κ1) is 32.2. The molecule has 4 N–H and O–H groups in total. The molecule has 1 fully saturated rings. The van der Waals surface area contributed by atoms with Crippen LogP contribution in [-0.2, 0) is 19.2 Å². The van der Waals surface area contributed by atoms with Gasteiger partial charge >= 0.3 is 5.97 Å². The fourth-order valence-corrected chi connectivity index (χ4v) is 5.73. The molecule has 2 heterocycles. The number of nitrogens with zero attached hydrogens (tertiary/aromatic N) is 2. The topological polar surface area (TPSA) is 149 Å². The zero-order chi connectivity index (χ0) is 30.3. The van der Waals surface area contributed by atoms with Crippen molar-refractivity contribution in [1.29, 1.82) is 0 Å². The summed E-state index contributed by atoms with van der Waals surface area (Å²) in [5, 5.41) is 25.0. The highest BCUT2D eigenvalue weighted by molar-refractivity contribution is 7.13. The molecule has 11 heteroatoms. The Morgan fingerprint density at radius 1 is 1.10 bits per heavy atom. The molecule has 1 aromatic carbocycles. The Kier molecular flexibility index (Phi) is 11.0. The van der Waals surface area contributed by atoms with Crippen molar-refractivity contribution in [2.24, 2.45) is 5.41 Å². The Hall–Kier alpha value is -3.31. The second-order valence-corrected chi connectivity index (χ2v) is 12.7. The van der Waals surface area contributed by atoms with Gasteiger partial charge in [0.15, 0.2) is 0 Å². The normalized spacial score (nSPS) is 18.5. The fraction of sp³-hybridized carbons (Fsp3) is 0.567. The predicted molar refractivity (Wildman–Crippen MR) is 157 cm³/mol. The number of carbonyl (C=O) groups is 4. The van der Waals surface area contributed by atoms with Crippen molar-refractivity contribution < 1.29 is 29.4 Å². The lowest BCUT2D eigenvalue weighted by Gasteiger charge is -2.36. The Bertz CT molecular complexity index is 1220. The number of β-amino-alcohol motifs (C(OH)–C–C–N with tert-alkyl or cyclic N) is 1. The maximum absolute atomic E-state index is 13.7. The predicted octanol–water partition coefficient (Wildman–Crippen LogP) is 3.82. The zero-order valence-corrected chi connectivity index (χ0v) is 25.3. The molecule has 0 bridgehead atoms. The molecule has 0 aliphatic carbocycles. The summed E-state index contributed by atoms with van der Waals surface area (Å²) in [6, 6.07) is 6.91. The SMILES string of the molecule is Cc1ncsc1-c1ccc([C@H](C)C(=O)N[C@@H]2C[C@@H](O)CN2C(=O)[C@@H](NC(=O)CCCCCC(=O)O)C(C)(C)C)cc1. The Morgan fingerprint density at radius 2 is 1.76 bits per heavy atom. The number of likely N-dealkylation sites (tertiary alicyclic amines) is 1. The van der Waals surface area contributed by atoms with Crippen LogP contribution in [0, 0.1) is 12.3 Å². The molecule has 2 aromatic rings. The molecule has 1 aliphatic rings. The lowest BCUT2D eigenvalue weighted by atomic mass is 9.85. The number of benzene rings is 1. The third-order valence-electron chi connectivity index (χ3n) is 7.40. The Morgan fingerprint density at radius 3 is 2.34 bits per heavy atom. The number of carboxylic acids is 1. The number of rotatable bonds is 12. The van der Waals surface area contributed by atoms with E-state index >= 15 is 0 Å². The van der Waals surface area contributed by atoms with E-state index in [-0.39, 0.29) is 43.5 Å². The minimum absolute atomic E-state index is 0.0543. The maximum atomic E-state index is 13.7. The number of carbonyl (C=O) groups excluding carboxylic acids is 3. The summed E-state index contributed by atoms with van der Waals surface area (Å²) in [5.41, 5.74) is 4.00. The van der Waals surface area contributed by atoms with Gasteiger partial charge in [0.05, 0.1) is 28.1 Å². The number of nitrogens with one attached hydrogen (secondary N) is 2. The van der Waals surface area contributed by atoms with Crippen molar-refractivity contribution in [2.75, 3.05) is 6.54 Å². The largest absolute Gasteiger partial charge is 0.481 e. The second-order valence-electron chi connectivity index (χ2n) is 11.8. The van der Waals surface area contributed by atoms with Gasteiger partial charge in [-0.3, -0.25) is 19.2 Å². The van der Waals surface area contributed by atoms with Gasteiger partial charge in [-0.2, -0.15) is 0 Å². The van der Waals surface area contributed by atoms with E-state index in [1.165, 1.54) is 4.90 Å². The van der Waals surface area contributed by atoms with Gasteiger partial charge in [0.1, 0.15) is 12.2 Å². The molecule has 41 heavy (non-hydrogen) atoms. The van der Waals surface area contributed by atoms with Crippen LogP contribution in [0.3, 0.4) is 0 Å². The van der Waals surface area contributed by atoms with Crippen LogP contribution in [0.1, 0.15) is 83.4 Å². The molecule has 0 spiro atoms. The molecular weight excluding hydrogens is 544 g/mol. The van der Waals surface area contributed by atoms with E-state index in [9.17, 15) is 24.3 Å². The van der Waals surface area contributed by atoms with Crippen LogP contribution < -0.4 is 10.6 Å². The zero-order valence-electron chi connectivity index (χ0n) is 24.5. The van der Waals surface area contributed by atoms with E-state index < -0.39 is 35.6 Å². The van der Waals surface area contributed by atoms with Gasteiger partial charge in [-0.05, 0) is 43.2 Å². The number of aliphatic hydroxyl groups excluding tert-OH is 1. The van der Waals surface area contributed by atoms with Crippen molar-refractivity contribution in [2.45, 2.75) is 97.4 Å². The van der Waals surface area contributed by atoms with Gasteiger partial charge in [-0.15, -0.1) is 11.3 Å². The van der Waals surface area contributed by atoms with Crippen LogP contribution >= 0.6 is 11.3 Å². The van der Waals surface area contributed by atoms with Crippen molar-refractivity contribution in [3.63, 3.8) is 0 Å². The number of hydrogen-bond acceptors (Lipinski definition) is 7. The van der Waals surface area contributed by atoms with Gasteiger partial charge in [-0.1, -0.05) is 51.5 Å². The lowest BCUT2D eigenvalue weighted by molar-refractivity contribution is -0.142. The molecule has 1 aromatic heterocycles. The van der Waals surface area contributed by atoms with Gasteiger partial charge < -0.3 is 25.7 Å². The van der Waals surface area contributed by atoms with Crippen LogP contribution in [0.25, 0.3) is 10.4 Å². The smallest absolute Gasteiger partial charge is 0.303 e. The van der Waals surface area contributed by atoms with E-state index in [2.05, 4.69) is 15.6 Å². The van der Waals surface area contributed by atoms with Gasteiger partial charge in [0.2, 0.25) is 17.7 Å². The van der Waals surface area contributed by atoms with Crippen molar-refractivity contribution >= 4 is 35.0 Å². The Labute approximate surface area is 245 Å². The number of unbranched alkanes of at least 4 members (excludes halogenated alkanes) is 2. The quantitative estimate of drug-likeness (QED) is 0.276. The number of aromatic nitrogens is 1. The van der Waals surface area contributed by atoms with Gasteiger partial charge in [0, 0.05) is 25.8 Å². The minimum Gasteiger partial charge on any atom is -0.481 e. The monoisotopic (exact) mass is 586 g/mol. The first-order valence-electron chi connectivity index (χ1n) is 14.1. The summed E-state index contributed by atoms with van der Waals surface area (Å²) in [5.74, 6) is -2.27. The molecule has 224 valence electrons. The molecule has 1 aliphatic heterocycles. The number of carboxylic acid groups (broad SMARTS) is 1. The molecule has 0 saturated carbocycles. The van der Waals surface area contributed by atoms with E-state index in [1.807, 2.05) is 52.0 Å². The van der Waals surface area contributed by atoms with E-state index in [1.54, 1.807) is 23.8 Å². The molecule has 3 amide bonds. The molecular formula is C30H42N4O6S. The highest BCUT2D eigenvalue weighted by Crippen LogP contribution is 2.29. The van der Waals surface area contributed by atoms with Gasteiger partial charge in [-0.25, -0.2) is 4.98 Å². The maximum Gasteiger partial charge on any atom is 0.303 e. The molecule has 3 rings (SSSR count). The van der Waals surface area contributed by atoms with Crippen LogP contribution in [0.5, 0.6) is 0 Å². The third-order valence-corrected chi connectivity index (χ3v) is 8.37. The summed E-state index contributed by atoms with van der Waals surface area (Å²) in [4.78, 5) is 57.2. The average Bonchev–Trinajstić information content (AvgIpc) is 3.50. The summed E-state index contributed by atoms with van der Waals surface area (Å²) < 4.78 is 0. The number of amides is 3. The van der Waals surface area contributed by atoms with Crippen molar-refractivity contribution in [3.8, 4) is 10.4 Å². The van der Waals surface area contributed by atoms with Gasteiger partial charge in [0.25, 0.3) is 0 Å². The molecule has 10 nitrogen and oxygen atoms in total. The first-order valence-corrected chi connectivity index (χ1v) is 15.0. The van der Waals surface area contributed by atoms with E-state index in [0.29, 0.717) is 19.3 Å². The highest BCUT2D eigenvalue weighted by atomic mass is 32.1. The van der Waals surface area contributed by atoms with Crippen molar-refractivity contribution in [3.05, 3.63) is 41.0 Å². The minimum atomic E-state index is -0.864. The second kappa shape index (κ2) is 14.0. The van der Waals surface area contributed by atoms with Crippen LogP contribution in [0.15, 0.2) is 29.8 Å². The highest BCUT2D eigenvalue weighted by Gasteiger charge is 2.42. The summed E-state index contributed by atoms with van der Waals surface area (Å²) in [6.07, 6.45) is 0.553. The summed E-state index contributed by atoms with van der Waals surface area (Å²) >= 11 is 1.56. The number of aryl methyl sites for hydroxylation is 1. The number of hydrogen-bond donors (Lipinski definition) is 4. The molecule has 0 radical (unpaired) electrons. The van der Waals surface area contributed by atoms with Crippen LogP contribution in [-0.4, -0.2) is 68.6 Å². The average molecular weight is 587 g/mol. The number of thiazole rings is 1. The lowest BCUT2D eigenvalue weighted by Crippen LogP contribution is -2.58. The Balaban J connectivity index is 1.64. The molecule has 0 unspecified atom stereocenters. The van der Waals surface area contributed by atoms with Crippen molar-refractivity contribution in [1.82, 2.24) is 20.5 Å². The molecule has 1 saturated heterocycles. The summed E-state index contributed by atoms with van der Waals surface area (Å²) in [6.45, 7) is 9.36. The van der Waals surface area contributed by atoms with E-state index in [4.69, 9.17) is 5.11 Å². The van der Waals surface area contributed by atoms with Crippen LogP contribution in [0.4, 0.5) is 0 Å². The summed E-state index contributed by atoms with van der Waals surface area (Å²) in [7, 11) is 0. The van der Waals surface area contributed by atoms with E-state index in [0.717, 1.165) is 21.7 Å². The standard InChI is InChI=1S/C30H42N4O6S/c1-18(20-11-13-21(14-12-20)26-19(2)31-17-41-26)28(39)32-23-15-22(35)16-34(23)29(40)27(30(3,4)5)33-24(36)9-7-6-8-10-25(37)38/h11-14,17-18,22-23,27,35H,6-10,15-16H2,1-5H3,(H,32,39)(H,33,36)(H,37,38)/t18-,22+,23-,27+/m0/s1. The number of aliphatic hydroxyl groups is 1. The van der Waals surface area contributed by atoms with Crippen LogP contribution in [0.2, 0.25) is 0 Å². The molecule has 4 atom stereocenters. The third kappa shape index (κ3) is 8.84.